The Morgan fingerprint density at radius 1 is 0.727 bits per heavy atom. The number of benzene rings is 4. The number of H-pyrrole nitrogens is 1. The molecule has 4 aromatic carbocycles. The molecule has 1 heterocycles. The zero-order valence-electron chi connectivity index (χ0n) is 17.6. The number of para-hydroxylation sites is 4. The van der Waals surface area contributed by atoms with E-state index in [4.69, 9.17) is 4.74 Å². The molecular weight excluding hydrogens is 412 g/mol. The van der Waals surface area contributed by atoms with E-state index in [0.29, 0.717) is 28.1 Å². The fraction of sp³-hybridized carbons (Fsp3) is 0. The van der Waals surface area contributed by atoms with Crippen molar-refractivity contribution in [2.45, 2.75) is 0 Å². The molecule has 5 heteroatoms. The van der Waals surface area contributed by atoms with Crippen molar-refractivity contribution in [3.8, 4) is 22.6 Å². The van der Waals surface area contributed by atoms with Gasteiger partial charge in [-0.3, -0.25) is 9.59 Å². The van der Waals surface area contributed by atoms with E-state index in [1.807, 2.05) is 84.9 Å². The Bertz CT molecular complexity index is 1510. The summed E-state index contributed by atoms with van der Waals surface area (Å²) in [7, 11) is 0. The van der Waals surface area contributed by atoms with Crippen LogP contribution < -0.4 is 15.5 Å². The van der Waals surface area contributed by atoms with Crippen molar-refractivity contribution in [1.29, 1.82) is 0 Å². The van der Waals surface area contributed by atoms with Crippen molar-refractivity contribution in [2.75, 3.05) is 5.32 Å². The van der Waals surface area contributed by atoms with Crippen molar-refractivity contribution in [3.63, 3.8) is 0 Å². The largest absolute Gasteiger partial charge is 0.457 e. The highest BCUT2D eigenvalue weighted by Crippen LogP contribution is 2.37. The van der Waals surface area contributed by atoms with E-state index in [9.17, 15) is 9.59 Å². The van der Waals surface area contributed by atoms with Gasteiger partial charge >= 0.3 is 0 Å². The first-order valence-corrected chi connectivity index (χ1v) is 10.5. The molecule has 0 saturated heterocycles. The second-order valence-electron chi connectivity index (χ2n) is 7.49. The molecule has 1 aromatic heterocycles. The highest BCUT2D eigenvalue weighted by molar-refractivity contribution is 6.07. The standard InChI is InChI=1S/C28H20N2O3/c31-27-22-14-5-7-15-24(22)29-18-23(27)28(32)30-25-16-8-4-12-20(25)21-13-6-9-17-26(21)33-19-10-2-1-3-11-19/h1-18H,(H,29,31)(H,30,32). The molecule has 5 rings (SSSR count). The van der Waals surface area contributed by atoms with Crippen LogP contribution in [-0.2, 0) is 0 Å². The second kappa shape index (κ2) is 8.85. The zero-order chi connectivity index (χ0) is 22.6. The Hall–Kier alpha value is -4.64. The Morgan fingerprint density at radius 3 is 2.24 bits per heavy atom. The topological polar surface area (TPSA) is 71.2 Å². The second-order valence-corrected chi connectivity index (χ2v) is 7.49. The lowest BCUT2D eigenvalue weighted by atomic mass is 10.0. The van der Waals surface area contributed by atoms with E-state index >= 15 is 0 Å². The summed E-state index contributed by atoms with van der Waals surface area (Å²) in [4.78, 5) is 29.0. The van der Waals surface area contributed by atoms with Crippen molar-refractivity contribution in [2.24, 2.45) is 0 Å². The van der Waals surface area contributed by atoms with E-state index in [1.165, 1.54) is 6.20 Å². The summed E-state index contributed by atoms with van der Waals surface area (Å²) in [6.45, 7) is 0. The van der Waals surface area contributed by atoms with Crippen LogP contribution in [0.25, 0.3) is 22.0 Å². The molecule has 0 unspecified atom stereocenters. The number of aromatic nitrogens is 1. The molecule has 0 bridgehead atoms. The van der Waals surface area contributed by atoms with Gasteiger partial charge in [0.25, 0.3) is 5.91 Å². The first kappa shape index (κ1) is 20.3. The molecule has 2 N–H and O–H groups in total. The van der Waals surface area contributed by atoms with Gasteiger partial charge in [0.15, 0.2) is 0 Å². The predicted molar refractivity (Wildman–Crippen MR) is 131 cm³/mol. The molecule has 1 amide bonds. The van der Waals surface area contributed by atoms with Gasteiger partial charge in [-0.15, -0.1) is 0 Å². The van der Waals surface area contributed by atoms with Crippen LogP contribution in [0, 0.1) is 0 Å². The van der Waals surface area contributed by atoms with Crippen molar-refractivity contribution in [3.05, 3.63) is 125 Å². The number of hydrogen-bond acceptors (Lipinski definition) is 3. The zero-order valence-corrected chi connectivity index (χ0v) is 17.6. The van der Waals surface area contributed by atoms with Gasteiger partial charge in [-0.05, 0) is 36.4 Å². The first-order valence-electron chi connectivity index (χ1n) is 10.5. The Labute approximate surface area is 190 Å². The lowest BCUT2D eigenvalue weighted by molar-refractivity contribution is 0.102. The number of carbonyl (C=O) groups excluding carboxylic acids is 1. The normalized spacial score (nSPS) is 10.7. The SMILES string of the molecule is O=C(Nc1ccccc1-c1ccccc1Oc1ccccc1)c1c[nH]c2ccccc2c1=O. The number of carbonyl (C=O) groups is 1. The highest BCUT2D eigenvalue weighted by Gasteiger charge is 2.16. The van der Waals surface area contributed by atoms with Gasteiger partial charge in [-0.2, -0.15) is 0 Å². The minimum Gasteiger partial charge on any atom is -0.457 e. The third-order valence-corrected chi connectivity index (χ3v) is 5.36. The molecule has 0 fully saturated rings. The maximum atomic E-state index is 13.1. The van der Waals surface area contributed by atoms with Gasteiger partial charge < -0.3 is 15.0 Å². The van der Waals surface area contributed by atoms with Gasteiger partial charge in [-0.1, -0.05) is 66.7 Å². The number of pyridine rings is 1. The summed E-state index contributed by atoms with van der Waals surface area (Å²) in [5.41, 5.74) is 2.62. The van der Waals surface area contributed by atoms with Crippen LogP contribution in [0.5, 0.6) is 11.5 Å². The lowest BCUT2D eigenvalue weighted by Gasteiger charge is -2.15. The van der Waals surface area contributed by atoms with Crippen LogP contribution in [0.3, 0.4) is 0 Å². The maximum Gasteiger partial charge on any atom is 0.261 e. The summed E-state index contributed by atoms with van der Waals surface area (Å²) in [5.74, 6) is 0.902. The molecule has 5 aromatic rings. The minimum atomic E-state index is -0.476. The molecule has 0 atom stereocenters. The molecule has 33 heavy (non-hydrogen) atoms. The summed E-state index contributed by atoms with van der Waals surface area (Å²) >= 11 is 0. The number of amides is 1. The van der Waals surface area contributed by atoms with E-state index in [-0.39, 0.29) is 11.0 Å². The van der Waals surface area contributed by atoms with Gasteiger partial charge in [0.05, 0.1) is 0 Å². The van der Waals surface area contributed by atoms with Crippen LogP contribution in [0.4, 0.5) is 5.69 Å². The third kappa shape index (κ3) is 4.12. The Kier molecular flexibility index (Phi) is 5.43. The predicted octanol–water partition coefficient (Wildman–Crippen LogP) is 6.24. The van der Waals surface area contributed by atoms with Gasteiger partial charge in [0, 0.05) is 33.9 Å². The highest BCUT2D eigenvalue weighted by atomic mass is 16.5. The third-order valence-electron chi connectivity index (χ3n) is 5.36. The number of hydrogen-bond donors (Lipinski definition) is 2. The number of nitrogens with one attached hydrogen (secondary N) is 2. The smallest absolute Gasteiger partial charge is 0.261 e. The molecular formula is C28H20N2O3. The molecule has 160 valence electrons. The van der Waals surface area contributed by atoms with Crippen LogP contribution in [0.1, 0.15) is 10.4 Å². The minimum absolute atomic E-state index is 0.0531. The van der Waals surface area contributed by atoms with Crippen molar-refractivity contribution < 1.29 is 9.53 Å². The van der Waals surface area contributed by atoms with Crippen LogP contribution in [0.2, 0.25) is 0 Å². The monoisotopic (exact) mass is 432 g/mol. The first-order chi connectivity index (χ1) is 16.2. The van der Waals surface area contributed by atoms with Crippen molar-refractivity contribution >= 4 is 22.5 Å². The number of aromatic amines is 1. The summed E-state index contributed by atoms with van der Waals surface area (Å²) in [5, 5.41) is 3.38. The Balaban J connectivity index is 1.51. The molecule has 5 nitrogen and oxygen atoms in total. The molecule has 0 saturated carbocycles. The summed E-state index contributed by atoms with van der Waals surface area (Å²) in [6, 6.07) is 31.7. The summed E-state index contributed by atoms with van der Waals surface area (Å²) < 4.78 is 6.11. The van der Waals surface area contributed by atoms with Crippen LogP contribution >= 0.6 is 0 Å². The molecule has 0 aliphatic carbocycles. The molecule has 0 aliphatic heterocycles. The molecule has 0 aliphatic rings. The number of fused-ring (bicyclic) bond motifs is 1. The van der Waals surface area contributed by atoms with Gasteiger partial charge in [-0.25, -0.2) is 0 Å². The van der Waals surface area contributed by atoms with E-state index in [2.05, 4.69) is 10.3 Å². The average molecular weight is 432 g/mol. The van der Waals surface area contributed by atoms with E-state index in [1.54, 1.807) is 18.2 Å². The Morgan fingerprint density at radius 2 is 1.39 bits per heavy atom. The average Bonchev–Trinajstić information content (AvgIpc) is 2.86. The van der Waals surface area contributed by atoms with Gasteiger partial charge in [0.1, 0.15) is 17.1 Å². The van der Waals surface area contributed by atoms with E-state index in [0.717, 1.165) is 11.1 Å². The number of ether oxygens (including phenoxy) is 1. The van der Waals surface area contributed by atoms with Crippen LogP contribution in [-0.4, -0.2) is 10.9 Å². The molecule has 0 radical (unpaired) electrons. The number of rotatable bonds is 5. The van der Waals surface area contributed by atoms with Crippen molar-refractivity contribution in [1.82, 2.24) is 4.98 Å². The quantitative estimate of drug-likeness (QED) is 0.345. The summed E-state index contributed by atoms with van der Waals surface area (Å²) in [6.07, 6.45) is 1.45. The lowest BCUT2D eigenvalue weighted by Crippen LogP contribution is -2.22. The van der Waals surface area contributed by atoms with Crippen LogP contribution in [0.15, 0.2) is 114 Å². The maximum absolute atomic E-state index is 13.1. The van der Waals surface area contributed by atoms with E-state index < -0.39 is 5.91 Å². The number of anilines is 1. The fourth-order valence-electron chi connectivity index (χ4n) is 3.75. The van der Waals surface area contributed by atoms with Gasteiger partial charge in [0.2, 0.25) is 5.43 Å². The fourth-order valence-corrected chi connectivity index (χ4v) is 3.75. The molecule has 0 spiro atoms.